The third kappa shape index (κ3) is 4.41. The number of hydrogen-bond acceptors (Lipinski definition) is 3. The molecular formula is C26H32N2O3. The van der Waals surface area contributed by atoms with Gasteiger partial charge >= 0.3 is 0 Å². The number of para-hydroxylation sites is 1. The van der Waals surface area contributed by atoms with Crippen LogP contribution in [0.3, 0.4) is 0 Å². The molecule has 3 aromatic rings. The third-order valence-corrected chi connectivity index (χ3v) is 6.59. The maximum atomic E-state index is 13.4. The quantitative estimate of drug-likeness (QED) is 0.565. The number of aryl methyl sites for hydroxylation is 1. The summed E-state index contributed by atoms with van der Waals surface area (Å²) in [6.45, 7) is 3.97. The van der Waals surface area contributed by atoms with Gasteiger partial charge in [-0.2, -0.15) is 0 Å². The molecule has 0 radical (unpaired) electrons. The molecule has 0 N–H and O–H groups in total. The summed E-state index contributed by atoms with van der Waals surface area (Å²) in [6.07, 6.45) is 4.75. The van der Waals surface area contributed by atoms with E-state index in [0.717, 1.165) is 54.1 Å². The van der Waals surface area contributed by atoms with E-state index in [2.05, 4.69) is 49.0 Å². The summed E-state index contributed by atoms with van der Waals surface area (Å²) >= 11 is 0. The number of carbonyl (C=O) groups excluding carboxylic acids is 1. The normalized spacial score (nSPS) is 15.8. The van der Waals surface area contributed by atoms with E-state index in [1.165, 1.54) is 5.39 Å². The molecule has 1 atom stereocenters. The van der Waals surface area contributed by atoms with E-state index in [1.54, 1.807) is 14.2 Å². The number of benzene rings is 2. The van der Waals surface area contributed by atoms with Crippen molar-refractivity contribution in [2.75, 3.05) is 27.3 Å². The molecule has 0 aliphatic carbocycles. The van der Waals surface area contributed by atoms with Crippen LogP contribution < -0.4 is 9.47 Å². The highest BCUT2D eigenvalue weighted by molar-refractivity contribution is 5.86. The van der Waals surface area contributed by atoms with Crippen LogP contribution in [0.4, 0.5) is 0 Å². The fraction of sp³-hybridized carbons (Fsp3) is 0.423. The summed E-state index contributed by atoms with van der Waals surface area (Å²) in [6, 6.07) is 14.3. The Morgan fingerprint density at radius 3 is 2.35 bits per heavy atom. The zero-order valence-electron chi connectivity index (χ0n) is 18.9. The summed E-state index contributed by atoms with van der Waals surface area (Å²) in [4.78, 5) is 15.4. The number of piperidine rings is 1. The molecule has 2 aromatic carbocycles. The molecule has 31 heavy (non-hydrogen) atoms. The molecule has 0 saturated carbocycles. The van der Waals surface area contributed by atoms with Gasteiger partial charge in [-0.15, -0.1) is 0 Å². The third-order valence-electron chi connectivity index (χ3n) is 6.59. The Kier molecular flexibility index (Phi) is 6.21. The Labute approximate surface area is 184 Å². The highest BCUT2D eigenvalue weighted by atomic mass is 16.5. The maximum absolute atomic E-state index is 13.4. The largest absolute Gasteiger partial charge is 0.497 e. The van der Waals surface area contributed by atoms with Crippen LogP contribution in [0.15, 0.2) is 48.7 Å². The average Bonchev–Trinajstić information content (AvgIpc) is 3.13. The molecule has 4 rings (SSSR count). The number of ether oxygens (including phenoxy) is 2. The first-order chi connectivity index (χ1) is 15.0. The van der Waals surface area contributed by atoms with Gasteiger partial charge in [-0.05, 0) is 48.1 Å². The topological polar surface area (TPSA) is 43.7 Å². The Bertz CT molecular complexity index is 1040. The van der Waals surface area contributed by atoms with Crippen molar-refractivity contribution in [2.45, 2.75) is 32.1 Å². The lowest BCUT2D eigenvalue weighted by molar-refractivity contribution is -0.132. The summed E-state index contributed by atoms with van der Waals surface area (Å²) in [5, 5.41) is 1.18. The number of rotatable bonds is 6. The highest BCUT2D eigenvalue weighted by Crippen LogP contribution is 2.38. The van der Waals surface area contributed by atoms with Gasteiger partial charge in [-0.25, -0.2) is 0 Å². The summed E-state index contributed by atoms with van der Waals surface area (Å²) in [5.41, 5.74) is 3.36. The molecule has 1 aromatic heterocycles. The zero-order valence-corrected chi connectivity index (χ0v) is 18.9. The van der Waals surface area contributed by atoms with E-state index in [1.807, 2.05) is 23.1 Å². The minimum Gasteiger partial charge on any atom is -0.497 e. The van der Waals surface area contributed by atoms with Gasteiger partial charge in [0.25, 0.3) is 0 Å². The van der Waals surface area contributed by atoms with Crippen molar-refractivity contribution in [3.8, 4) is 11.5 Å². The van der Waals surface area contributed by atoms with Crippen molar-refractivity contribution >= 4 is 16.8 Å². The van der Waals surface area contributed by atoms with Crippen molar-refractivity contribution in [3.05, 3.63) is 59.8 Å². The second kappa shape index (κ2) is 9.04. The van der Waals surface area contributed by atoms with Gasteiger partial charge in [-0.3, -0.25) is 4.79 Å². The molecule has 5 nitrogen and oxygen atoms in total. The average molecular weight is 421 g/mol. The standard InChI is InChI=1S/C26H32N2O3/c1-18-9-11-28(12-10-18)26(29)16-23(19-13-20(30-3)15-21(14-19)31-4)24-17-27(2)25-8-6-5-7-22(24)25/h5-8,13-15,17-18,23H,9-12,16H2,1-4H3. The first kappa shape index (κ1) is 21.3. The van der Waals surface area contributed by atoms with E-state index in [-0.39, 0.29) is 11.8 Å². The number of hydrogen-bond donors (Lipinski definition) is 0. The summed E-state index contributed by atoms with van der Waals surface area (Å²) < 4.78 is 13.2. The Hall–Kier alpha value is -2.95. The molecule has 0 bridgehead atoms. The van der Waals surface area contributed by atoms with E-state index >= 15 is 0 Å². The van der Waals surface area contributed by atoms with E-state index in [4.69, 9.17) is 9.47 Å². The Morgan fingerprint density at radius 2 is 1.71 bits per heavy atom. The number of carbonyl (C=O) groups is 1. The van der Waals surface area contributed by atoms with Gasteiger partial charge in [0.15, 0.2) is 0 Å². The Balaban J connectivity index is 1.76. The molecule has 1 unspecified atom stereocenters. The van der Waals surface area contributed by atoms with Gasteiger partial charge in [-0.1, -0.05) is 25.1 Å². The van der Waals surface area contributed by atoms with Crippen molar-refractivity contribution in [1.29, 1.82) is 0 Å². The van der Waals surface area contributed by atoms with Gasteiger partial charge in [0.1, 0.15) is 11.5 Å². The number of aromatic nitrogens is 1. The Morgan fingerprint density at radius 1 is 1.06 bits per heavy atom. The fourth-order valence-corrected chi connectivity index (χ4v) is 4.65. The van der Waals surface area contributed by atoms with Gasteiger partial charge < -0.3 is 18.9 Å². The van der Waals surface area contributed by atoms with Crippen molar-refractivity contribution in [3.63, 3.8) is 0 Å². The second-order valence-electron chi connectivity index (χ2n) is 8.68. The first-order valence-corrected chi connectivity index (χ1v) is 11.0. The number of likely N-dealkylation sites (tertiary alicyclic amines) is 1. The van der Waals surface area contributed by atoms with Crippen molar-refractivity contribution < 1.29 is 14.3 Å². The monoisotopic (exact) mass is 420 g/mol. The molecule has 164 valence electrons. The van der Waals surface area contributed by atoms with Crippen LogP contribution in [0.1, 0.15) is 43.2 Å². The lowest BCUT2D eigenvalue weighted by atomic mass is 9.87. The molecule has 1 fully saturated rings. The summed E-state index contributed by atoms with van der Waals surface area (Å²) in [5.74, 6) is 2.30. The van der Waals surface area contributed by atoms with Crippen LogP contribution in [-0.4, -0.2) is 42.7 Å². The minimum atomic E-state index is -0.0815. The fourth-order valence-electron chi connectivity index (χ4n) is 4.65. The summed E-state index contributed by atoms with van der Waals surface area (Å²) in [7, 11) is 5.37. The van der Waals surface area contributed by atoms with Crippen molar-refractivity contribution in [1.82, 2.24) is 9.47 Å². The predicted octanol–water partition coefficient (Wildman–Crippen LogP) is 4.98. The maximum Gasteiger partial charge on any atom is 0.223 e. The van der Waals surface area contributed by atoms with Crippen LogP contribution in [-0.2, 0) is 11.8 Å². The molecule has 2 heterocycles. The molecule has 1 aliphatic rings. The predicted molar refractivity (Wildman–Crippen MR) is 124 cm³/mol. The van der Waals surface area contributed by atoms with Crippen molar-refractivity contribution in [2.24, 2.45) is 13.0 Å². The van der Waals surface area contributed by atoms with Crippen LogP contribution >= 0.6 is 0 Å². The van der Waals surface area contributed by atoms with Gasteiger partial charge in [0, 0.05) is 55.6 Å². The second-order valence-corrected chi connectivity index (χ2v) is 8.68. The molecule has 0 spiro atoms. The van der Waals surface area contributed by atoms with Crippen LogP contribution in [0, 0.1) is 5.92 Å². The number of fused-ring (bicyclic) bond motifs is 1. The van der Waals surface area contributed by atoms with Gasteiger partial charge in [0.2, 0.25) is 5.91 Å². The number of nitrogens with zero attached hydrogens (tertiary/aromatic N) is 2. The van der Waals surface area contributed by atoms with E-state index < -0.39 is 0 Å². The van der Waals surface area contributed by atoms with E-state index in [9.17, 15) is 4.79 Å². The molecule has 1 aliphatic heterocycles. The molecule has 5 heteroatoms. The SMILES string of the molecule is COc1cc(OC)cc(C(CC(=O)N2CCC(C)CC2)c2cn(C)c3ccccc23)c1. The number of methoxy groups -OCH3 is 2. The zero-order chi connectivity index (χ0) is 22.0. The lowest BCUT2D eigenvalue weighted by Gasteiger charge is -2.31. The molecular weight excluding hydrogens is 388 g/mol. The number of amides is 1. The van der Waals surface area contributed by atoms with Crippen LogP contribution in [0.2, 0.25) is 0 Å². The first-order valence-electron chi connectivity index (χ1n) is 11.0. The highest BCUT2D eigenvalue weighted by Gasteiger charge is 2.27. The smallest absolute Gasteiger partial charge is 0.223 e. The minimum absolute atomic E-state index is 0.0815. The molecule has 1 amide bonds. The molecule has 1 saturated heterocycles. The lowest BCUT2D eigenvalue weighted by Crippen LogP contribution is -2.38. The van der Waals surface area contributed by atoms with Gasteiger partial charge in [0.05, 0.1) is 14.2 Å². The van der Waals surface area contributed by atoms with Crippen LogP contribution in [0.5, 0.6) is 11.5 Å². The van der Waals surface area contributed by atoms with E-state index in [0.29, 0.717) is 12.3 Å². The van der Waals surface area contributed by atoms with Crippen LogP contribution in [0.25, 0.3) is 10.9 Å².